The molecule has 1 unspecified atom stereocenters. The minimum atomic E-state index is 0.334. The Kier molecular flexibility index (Phi) is 3.06. The molecule has 21 heavy (non-hydrogen) atoms. The maximum atomic E-state index is 5.97. The van der Waals surface area contributed by atoms with Gasteiger partial charge in [-0.3, -0.25) is 0 Å². The van der Waals surface area contributed by atoms with Crippen molar-refractivity contribution in [3.8, 4) is 0 Å². The molecule has 0 spiro atoms. The highest BCUT2D eigenvalue weighted by Crippen LogP contribution is 2.32. The molecule has 1 aromatic carbocycles. The SMILES string of the molecule is Nc1ncnc2c1c(I)nn2C1CCc2ccccc2C1. The summed E-state index contributed by atoms with van der Waals surface area (Å²) in [6.45, 7) is 0. The van der Waals surface area contributed by atoms with Gasteiger partial charge in [-0.25, -0.2) is 14.6 Å². The van der Waals surface area contributed by atoms with E-state index >= 15 is 0 Å². The summed E-state index contributed by atoms with van der Waals surface area (Å²) in [4.78, 5) is 8.47. The summed E-state index contributed by atoms with van der Waals surface area (Å²) in [6.07, 6.45) is 4.67. The van der Waals surface area contributed by atoms with Crippen molar-refractivity contribution in [3.05, 3.63) is 45.4 Å². The number of nitrogens with zero attached hydrogens (tertiary/aromatic N) is 4. The zero-order valence-electron chi connectivity index (χ0n) is 11.3. The highest BCUT2D eigenvalue weighted by molar-refractivity contribution is 14.1. The average Bonchev–Trinajstić information content (AvgIpc) is 2.85. The van der Waals surface area contributed by atoms with Crippen LogP contribution >= 0.6 is 22.6 Å². The van der Waals surface area contributed by atoms with Crippen molar-refractivity contribution in [3.63, 3.8) is 0 Å². The fraction of sp³-hybridized carbons (Fsp3) is 0.267. The van der Waals surface area contributed by atoms with Crippen LogP contribution < -0.4 is 5.73 Å². The normalized spacial score (nSPS) is 17.9. The number of nitrogen functional groups attached to an aromatic ring is 1. The molecule has 0 bridgehead atoms. The number of aryl methyl sites for hydroxylation is 1. The van der Waals surface area contributed by atoms with Crippen molar-refractivity contribution >= 4 is 39.4 Å². The maximum absolute atomic E-state index is 5.97. The molecule has 2 aromatic heterocycles. The summed E-state index contributed by atoms with van der Waals surface area (Å²) in [7, 11) is 0. The minimum absolute atomic E-state index is 0.334. The van der Waals surface area contributed by atoms with Gasteiger partial charge in [0.2, 0.25) is 0 Å². The van der Waals surface area contributed by atoms with E-state index in [1.807, 2.05) is 4.68 Å². The molecule has 1 aliphatic rings. The van der Waals surface area contributed by atoms with E-state index in [4.69, 9.17) is 5.73 Å². The van der Waals surface area contributed by atoms with Gasteiger partial charge in [-0.05, 0) is 53.0 Å². The number of nitrogens with two attached hydrogens (primary N) is 1. The molecule has 6 heteroatoms. The molecule has 4 rings (SSSR count). The first kappa shape index (κ1) is 13.0. The van der Waals surface area contributed by atoms with Gasteiger partial charge >= 0.3 is 0 Å². The van der Waals surface area contributed by atoms with Crippen LogP contribution in [0, 0.1) is 3.70 Å². The predicted octanol–water partition coefficient (Wildman–Crippen LogP) is 2.74. The number of benzene rings is 1. The average molecular weight is 391 g/mol. The molecule has 3 aromatic rings. The number of halogens is 1. The lowest BCUT2D eigenvalue weighted by Crippen LogP contribution is -2.20. The Labute approximate surface area is 135 Å². The van der Waals surface area contributed by atoms with Crippen LogP contribution in [0.2, 0.25) is 0 Å². The number of aromatic nitrogens is 4. The van der Waals surface area contributed by atoms with E-state index in [2.05, 4.69) is 61.9 Å². The van der Waals surface area contributed by atoms with Gasteiger partial charge in [-0.2, -0.15) is 5.10 Å². The summed E-state index contributed by atoms with van der Waals surface area (Å²) < 4.78 is 2.91. The van der Waals surface area contributed by atoms with Crippen molar-refractivity contribution in [2.45, 2.75) is 25.3 Å². The molecular formula is C15H14IN5. The monoisotopic (exact) mass is 391 g/mol. The van der Waals surface area contributed by atoms with E-state index < -0.39 is 0 Å². The zero-order valence-corrected chi connectivity index (χ0v) is 13.5. The molecule has 0 aliphatic heterocycles. The van der Waals surface area contributed by atoms with Crippen LogP contribution in [0.3, 0.4) is 0 Å². The van der Waals surface area contributed by atoms with E-state index in [0.717, 1.165) is 34.0 Å². The van der Waals surface area contributed by atoms with Crippen LogP contribution in [-0.2, 0) is 12.8 Å². The Morgan fingerprint density at radius 3 is 2.86 bits per heavy atom. The minimum Gasteiger partial charge on any atom is -0.383 e. The smallest absolute Gasteiger partial charge is 0.164 e. The standard InChI is InChI=1S/C15H14IN5/c16-13-12-14(17)18-8-19-15(12)21(20-13)11-6-5-9-3-1-2-4-10(9)7-11/h1-4,8,11H,5-7H2,(H2,17,18,19). The lowest BCUT2D eigenvalue weighted by atomic mass is 9.88. The Morgan fingerprint density at radius 1 is 1.19 bits per heavy atom. The highest BCUT2D eigenvalue weighted by atomic mass is 127. The molecule has 0 radical (unpaired) electrons. The number of hydrogen-bond acceptors (Lipinski definition) is 4. The molecule has 2 N–H and O–H groups in total. The first-order valence-corrected chi connectivity index (χ1v) is 8.03. The van der Waals surface area contributed by atoms with Gasteiger partial charge in [-0.15, -0.1) is 0 Å². The number of rotatable bonds is 1. The van der Waals surface area contributed by atoms with Gasteiger partial charge in [0.15, 0.2) is 5.65 Å². The predicted molar refractivity (Wildman–Crippen MR) is 90.0 cm³/mol. The highest BCUT2D eigenvalue weighted by Gasteiger charge is 2.24. The second-order valence-electron chi connectivity index (χ2n) is 5.36. The Hall–Kier alpha value is -1.70. The quantitative estimate of drug-likeness (QED) is 0.648. The first-order valence-electron chi connectivity index (χ1n) is 6.95. The van der Waals surface area contributed by atoms with Crippen LogP contribution in [0.1, 0.15) is 23.6 Å². The molecule has 1 atom stereocenters. The molecule has 0 fully saturated rings. The van der Waals surface area contributed by atoms with Crippen LogP contribution in [0.15, 0.2) is 30.6 Å². The summed E-state index contributed by atoms with van der Waals surface area (Å²) in [5.74, 6) is 0.506. The lowest BCUT2D eigenvalue weighted by molar-refractivity contribution is 0.412. The van der Waals surface area contributed by atoms with Gasteiger partial charge in [0.25, 0.3) is 0 Å². The molecule has 106 valence electrons. The van der Waals surface area contributed by atoms with Gasteiger partial charge in [0, 0.05) is 0 Å². The summed E-state index contributed by atoms with van der Waals surface area (Å²) in [5.41, 5.74) is 9.68. The van der Waals surface area contributed by atoms with E-state index in [1.54, 1.807) is 0 Å². The number of anilines is 1. The Balaban J connectivity index is 1.80. The van der Waals surface area contributed by atoms with Crippen molar-refractivity contribution in [1.29, 1.82) is 0 Å². The molecule has 0 saturated heterocycles. The van der Waals surface area contributed by atoms with E-state index in [1.165, 1.54) is 17.5 Å². The van der Waals surface area contributed by atoms with Crippen LogP contribution in [-0.4, -0.2) is 19.7 Å². The van der Waals surface area contributed by atoms with Gasteiger partial charge in [-0.1, -0.05) is 24.3 Å². The largest absolute Gasteiger partial charge is 0.383 e. The topological polar surface area (TPSA) is 69.6 Å². The second-order valence-corrected chi connectivity index (χ2v) is 6.38. The fourth-order valence-electron chi connectivity index (χ4n) is 3.09. The number of fused-ring (bicyclic) bond motifs is 2. The van der Waals surface area contributed by atoms with Crippen molar-refractivity contribution in [1.82, 2.24) is 19.7 Å². The van der Waals surface area contributed by atoms with Crippen LogP contribution in [0.25, 0.3) is 11.0 Å². The molecule has 1 aliphatic carbocycles. The lowest BCUT2D eigenvalue weighted by Gasteiger charge is -2.25. The number of hydrogen-bond donors (Lipinski definition) is 1. The van der Waals surface area contributed by atoms with Gasteiger partial charge in [0.05, 0.1) is 11.4 Å². The summed E-state index contributed by atoms with van der Waals surface area (Å²) in [6, 6.07) is 8.98. The first-order chi connectivity index (χ1) is 10.2. The van der Waals surface area contributed by atoms with Crippen molar-refractivity contribution in [2.75, 3.05) is 5.73 Å². The van der Waals surface area contributed by atoms with Crippen LogP contribution in [0.4, 0.5) is 5.82 Å². The molecular weight excluding hydrogens is 377 g/mol. The fourth-order valence-corrected chi connectivity index (χ4v) is 3.84. The zero-order chi connectivity index (χ0) is 14.4. The maximum Gasteiger partial charge on any atom is 0.164 e. The summed E-state index contributed by atoms with van der Waals surface area (Å²) in [5, 5.41) is 5.54. The third kappa shape index (κ3) is 2.08. The Bertz CT molecular complexity index is 826. The molecule has 0 saturated carbocycles. The van der Waals surface area contributed by atoms with Crippen molar-refractivity contribution in [2.24, 2.45) is 0 Å². The second kappa shape index (κ2) is 4.94. The van der Waals surface area contributed by atoms with Gasteiger partial charge in [0.1, 0.15) is 15.8 Å². The molecule has 2 heterocycles. The summed E-state index contributed by atoms with van der Waals surface area (Å²) >= 11 is 2.21. The Morgan fingerprint density at radius 2 is 2.00 bits per heavy atom. The van der Waals surface area contributed by atoms with Gasteiger partial charge < -0.3 is 5.73 Å². The van der Waals surface area contributed by atoms with Crippen LogP contribution in [0.5, 0.6) is 0 Å². The van der Waals surface area contributed by atoms with E-state index in [-0.39, 0.29) is 0 Å². The third-order valence-corrected chi connectivity index (χ3v) is 4.90. The van der Waals surface area contributed by atoms with E-state index in [9.17, 15) is 0 Å². The third-order valence-electron chi connectivity index (χ3n) is 4.14. The molecule has 0 amide bonds. The van der Waals surface area contributed by atoms with Crippen molar-refractivity contribution < 1.29 is 0 Å². The molecule has 5 nitrogen and oxygen atoms in total. The van der Waals surface area contributed by atoms with E-state index in [0.29, 0.717) is 11.9 Å².